The molecule has 7 aromatic carbocycles. The lowest BCUT2D eigenvalue weighted by molar-refractivity contribution is 0.669. The molecule has 5 nitrogen and oxygen atoms in total. The molecule has 0 N–H and O–H groups in total. The van der Waals surface area contributed by atoms with Gasteiger partial charge in [-0.1, -0.05) is 103 Å². The molecule has 0 atom stereocenters. The highest BCUT2D eigenvalue weighted by molar-refractivity contribution is 7.25. The van der Waals surface area contributed by atoms with Crippen LogP contribution >= 0.6 is 22.7 Å². The number of furan rings is 1. The van der Waals surface area contributed by atoms with Crippen molar-refractivity contribution in [1.29, 1.82) is 0 Å². The smallest absolute Gasteiger partial charge is 0.164 e. The predicted octanol–water partition coefficient (Wildman–Crippen LogP) is 13.1. The first-order valence-corrected chi connectivity index (χ1v) is 19.0. The second-order valence-corrected chi connectivity index (χ2v) is 15.1. The van der Waals surface area contributed by atoms with Crippen LogP contribution in [0.2, 0.25) is 0 Å². The fourth-order valence-electron chi connectivity index (χ4n) is 7.32. The van der Waals surface area contributed by atoms with E-state index in [0.717, 1.165) is 65.8 Å². The Kier molecular flexibility index (Phi) is 6.83. The summed E-state index contributed by atoms with van der Waals surface area (Å²) in [5, 5.41) is 5.43. The SMILES string of the molecule is c1ccc(-c2nc(-c3ccc4sc5ccccc5c4c3)nc(-c3cccc4oc5cccc(-c6cccc(-c7nc8ccccc8s7)c6)c5c34)n2)cc1. The molecule has 0 amide bonds. The van der Waals surface area contributed by atoms with Crippen LogP contribution < -0.4 is 0 Å². The number of hydrogen-bond donors (Lipinski definition) is 0. The predicted molar refractivity (Wildman–Crippen MR) is 220 cm³/mol. The van der Waals surface area contributed by atoms with E-state index in [9.17, 15) is 0 Å². The lowest BCUT2D eigenvalue weighted by atomic mass is 9.96. The highest BCUT2D eigenvalue weighted by Gasteiger charge is 2.21. The number of aromatic nitrogens is 4. The lowest BCUT2D eigenvalue weighted by Gasteiger charge is -2.10. The average molecular weight is 715 g/mol. The second kappa shape index (κ2) is 12.0. The van der Waals surface area contributed by atoms with Crippen LogP contribution in [0.1, 0.15) is 0 Å². The summed E-state index contributed by atoms with van der Waals surface area (Å²) < 4.78 is 10.2. The Labute approximate surface area is 311 Å². The van der Waals surface area contributed by atoms with Crippen molar-refractivity contribution in [3.63, 3.8) is 0 Å². The van der Waals surface area contributed by atoms with E-state index in [-0.39, 0.29) is 0 Å². The van der Waals surface area contributed by atoms with Gasteiger partial charge >= 0.3 is 0 Å². The zero-order chi connectivity index (χ0) is 34.9. The van der Waals surface area contributed by atoms with Crippen molar-refractivity contribution in [3.8, 4) is 55.9 Å². The molecular formula is C46H26N4OS2. The molecule has 248 valence electrons. The van der Waals surface area contributed by atoms with E-state index in [1.807, 2.05) is 54.6 Å². The van der Waals surface area contributed by atoms with Gasteiger partial charge < -0.3 is 4.42 Å². The highest BCUT2D eigenvalue weighted by atomic mass is 32.1. The molecule has 0 aliphatic rings. The fourth-order valence-corrected chi connectivity index (χ4v) is 9.36. The summed E-state index contributed by atoms with van der Waals surface area (Å²) in [5.41, 5.74) is 8.60. The van der Waals surface area contributed by atoms with Gasteiger partial charge in [-0.3, -0.25) is 0 Å². The van der Waals surface area contributed by atoms with E-state index in [1.165, 1.54) is 24.9 Å². The van der Waals surface area contributed by atoms with Gasteiger partial charge in [-0.15, -0.1) is 22.7 Å². The first-order chi connectivity index (χ1) is 26.2. The highest BCUT2D eigenvalue weighted by Crippen LogP contribution is 2.43. The summed E-state index contributed by atoms with van der Waals surface area (Å²) in [6, 6.07) is 54.5. The molecule has 11 rings (SSSR count). The standard InChI is InChI=1S/C46H26N4OS2/c1-2-11-27(12-3-1)43-48-44(29-23-24-39-34(26-29)32-15-4-6-21-38(32)52-39)50-45(49-43)33-17-10-20-37-42(33)41-31(16-9-19-36(41)51-37)28-13-8-14-30(25-28)46-47-35-18-5-7-22-40(35)53-46/h1-26H. The van der Waals surface area contributed by atoms with Gasteiger partial charge in [0, 0.05) is 53.2 Å². The molecule has 53 heavy (non-hydrogen) atoms. The van der Waals surface area contributed by atoms with Crippen molar-refractivity contribution in [2.24, 2.45) is 0 Å². The number of fused-ring (bicyclic) bond motifs is 7. The van der Waals surface area contributed by atoms with Gasteiger partial charge in [0.1, 0.15) is 16.2 Å². The summed E-state index contributed by atoms with van der Waals surface area (Å²) in [4.78, 5) is 20.4. The molecule has 4 heterocycles. The fraction of sp³-hybridized carbons (Fsp3) is 0. The van der Waals surface area contributed by atoms with E-state index in [2.05, 4.69) is 103 Å². The average Bonchev–Trinajstić information content (AvgIpc) is 3.94. The number of thiazole rings is 1. The molecule has 0 aliphatic carbocycles. The topological polar surface area (TPSA) is 64.7 Å². The molecule has 0 radical (unpaired) electrons. The van der Waals surface area contributed by atoms with E-state index >= 15 is 0 Å². The zero-order valence-electron chi connectivity index (χ0n) is 28.0. The lowest BCUT2D eigenvalue weighted by Crippen LogP contribution is -2.00. The van der Waals surface area contributed by atoms with E-state index in [0.29, 0.717) is 17.5 Å². The first-order valence-electron chi connectivity index (χ1n) is 17.4. The van der Waals surface area contributed by atoms with Gasteiger partial charge in [-0.25, -0.2) is 19.9 Å². The van der Waals surface area contributed by atoms with Crippen molar-refractivity contribution >= 4 is 75.0 Å². The molecule has 11 aromatic rings. The Balaban J connectivity index is 1.12. The molecule has 0 aliphatic heterocycles. The maximum absolute atomic E-state index is 6.56. The molecule has 0 unspecified atom stereocenters. The zero-order valence-corrected chi connectivity index (χ0v) is 29.7. The van der Waals surface area contributed by atoms with E-state index in [4.69, 9.17) is 24.4 Å². The number of hydrogen-bond acceptors (Lipinski definition) is 7. The third kappa shape index (κ3) is 5.04. The molecule has 0 spiro atoms. The maximum Gasteiger partial charge on any atom is 0.164 e. The van der Waals surface area contributed by atoms with Gasteiger partial charge in [-0.05, 0) is 65.7 Å². The largest absolute Gasteiger partial charge is 0.456 e. The van der Waals surface area contributed by atoms with Gasteiger partial charge in [0.05, 0.1) is 10.2 Å². The molecule has 7 heteroatoms. The normalized spacial score (nSPS) is 11.8. The van der Waals surface area contributed by atoms with Gasteiger partial charge in [-0.2, -0.15) is 0 Å². The van der Waals surface area contributed by atoms with Crippen LogP contribution in [0.3, 0.4) is 0 Å². The minimum Gasteiger partial charge on any atom is -0.456 e. The Morgan fingerprint density at radius 1 is 0.377 bits per heavy atom. The van der Waals surface area contributed by atoms with Crippen LogP contribution in [-0.2, 0) is 0 Å². The summed E-state index contributed by atoms with van der Waals surface area (Å²) in [5.74, 6) is 1.84. The van der Waals surface area contributed by atoms with Crippen LogP contribution in [0, 0.1) is 0 Å². The Morgan fingerprint density at radius 3 is 1.87 bits per heavy atom. The minimum atomic E-state index is 0.593. The summed E-state index contributed by atoms with van der Waals surface area (Å²) in [6.45, 7) is 0. The van der Waals surface area contributed by atoms with Gasteiger partial charge in [0.15, 0.2) is 17.5 Å². The van der Waals surface area contributed by atoms with Crippen LogP contribution in [0.25, 0.3) is 108 Å². The minimum absolute atomic E-state index is 0.593. The van der Waals surface area contributed by atoms with Crippen molar-refractivity contribution in [2.45, 2.75) is 0 Å². The summed E-state index contributed by atoms with van der Waals surface area (Å²) in [6.07, 6.45) is 0. The van der Waals surface area contributed by atoms with Crippen LogP contribution in [0.4, 0.5) is 0 Å². The van der Waals surface area contributed by atoms with Crippen LogP contribution in [0.5, 0.6) is 0 Å². The second-order valence-electron chi connectivity index (χ2n) is 13.0. The summed E-state index contributed by atoms with van der Waals surface area (Å²) >= 11 is 3.51. The van der Waals surface area contributed by atoms with Gasteiger partial charge in [0.25, 0.3) is 0 Å². The number of rotatable bonds is 5. The monoisotopic (exact) mass is 714 g/mol. The van der Waals surface area contributed by atoms with Crippen molar-refractivity contribution < 1.29 is 4.42 Å². The molecule has 0 bridgehead atoms. The van der Waals surface area contributed by atoms with Crippen molar-refractivity contribution in [3.05, 3.63) is 158 Å². The third-order valence-corrected chi connectivity index (χ3v) is 12.0. The number of para-hydroxylation sites is 1. The maximum atomic E-state index is 6.56. The van der Waals surface area contributed by atoms with E-state index in [1.54, 1.807) is 22.7 Å². The number of benzene rings is 7. The molecule has 4 aromatic heterocycles. The Bertz CT molecular complexity index is 3160. The van der Waals surface area contributed by atoms with E-state index < -0.39 is 0 Å². The van der Waals surface area contributed by atoms with Crippen LogP contribution in [0.15, 0.2) is 162 Å². The quantitative estimate of drug-likeness (QED) is 0.178. The molecular weight excluding hydrogens is 689 g/mol. The third-order valence-electron chi connectivity index (χ3n) is 9.78. The molecule has 0 fully saturated rings. The summed E-state index contributed by atoms with van der Waals surface area (Å²) in [7, 11) is 0. The Morgan fingerprint density at radius 2 is 1.02 bits per heavy atom. The number of thiophene rings is 1. The van der Waals surface area contributed by atoms with Crippen LogP contribution in [-0.4, -0.2) is 19.9 Å². The Hall–Kier alpha value is -6.54. The molecule has 0 saturated heterocycles. The number of nitrogens with zero attached hydrogens (tertiary/aromatic N) is 4. The first kappa shape index (κ1) is 30.1. The van der Waals surface area contributed by atoms with Gasteiger partial charge in [0.2, 0.25) is 0 Å². The van der Waals surface area contributed by atoms with Crippen molar-refractivity contribution in [2.75, 3.05) is 0 Å². The molecule has 0 saturated carbocycles. The van der Waals surface area contributed by atoms with Crippen molar-refractivity contribution in [1.82, 2.24) is 19.9 Å².